The van der Waals surface area contributed by atoms with E-state index < -0.39 is 16.1 Å². The number of carbonyl (C=O) groups excluding carboxylic acids is 1. The molecule has 0 rings (SSSR count). The Morgan fingerprint density at radius 3 is 2.62 bits per heavy atom. The molecule has 0 aromatic carbocycles. The second-order valence-electron chi connectivity index (χ2n) is 3.18. The monoisotopic (exact) mass is 205 g/mol. The fraction of sp³-hybridized carbons (Fsp3) is 0.875. The van der Waals surface area contributed by atoms with Crippen molar-refractivity contribution in [1.29, 1.82) is 0 Å². The van der Waals surface area contributed by atoms with Crippen LogP contribution in [0.4, 0.5) is 0 Å². The molecular formula is C8H19NO3Si. The highest BCUT2D eigenvalue weighted by atomic mass is 28.2. The van der Waals surface area contributed by atoms with Crippen LogP contribution in [0.1, 0.15) is 27.2 Å². The molecule has 1 amide bonds. The van der Waals surface area contributed by atoms with Gasteiger partial charge < -0.3 is 14.4 Å². The molecule has 1 N–H and O–H groups in total. The number of rotatable bonds is 5. The van der Waals surface area contributed by atoms with Gasteiger partial charge in [0.2, 0.25) is 5.91 Å². The summed E-state index contributed by atoms with van der Waals surface area (Å²) in [4.78, 5) is 12.6. The third kappa shape index (κ3) is 5.02. The van der Waals surface area contributed by atoms with Gasteiger partial charge in [-0.3, -0.25) is 4.79 Å². The van der Waals surface area contributed by atoms with Gasteiger partial charge >= 0.3 is 0 Å². The number of hydrogen-bond donors (Lipinski definition) is 1. The normalized spacial score (nSPS) is 16.1. The van der Waals surface area contributed by atoms with E-state index >= 15 is 0 Å². The quantitative estimate of drug-likeness (QED) is 0.492. The number of nitrogens with zero attached hydrogens (tertiary/aromatic N) is 1. The summed E-state index contributed by atoms with van der Waals surface area (Å²) in [6.07, 6.45) is -0.0572. The first-order chi connectivity index (χ1) is 5.99. The van der Waals surface area contributed by atoms with Crippen LogP contribution in [0, 0.1) is 0 Å². The number of aliphatic hydroxyl groups excluding tert-OH is 1. The summed E-state index contributed by atoms with van der Waals surface area (Å²) in [6.45, 7) is 5.33. The zero-order valence-corrected chi connectivity index (χ0v) is 10.2. The summed E-state index contributed by atoms with van der Waals surface area (Å²) < 4.78 is 5.22. The van der Waals surface area contributed by atoms with E-state index in [0.29, 0.717) is 6.42 Å². The minimum atomic E-state index is -0.858. The summed E-state index contributed by atoms with van der Waals surface area (Å²) >= 11 is 0. The Labute approximate surface area is 81.8 Å². The molecule has 0 bridgehead atoms. The van der Waals surface area contributed by atoms with Crippen molar-refractivity contribution < 1.29 is 14.3 Å². The van der Waals surface area contributed by atoms with Gasteiger partial charge in [-0.25, -0.2) is 0 Å². The smallest absolute Gasteiger partial charge is 0.219 e. The molecule has 0 fully saturated rings. The highest BCUT2D eigenvalue weighted by Gasteiger charge is 2.13. The maximum Gasteiger partial charge on any atom is 0.219 e. The van der Waals surface area contributed by atoms with Gasteiger partial charge in [0.1, 0.15) is 6.29 Å². The molecule has 0 aliphatic rings. The van der Waals surface area contributed by atoms with E-state index in [1.165, 1.54) is 6.92 Å². The summed E-state index contributed by atoms with van der Waals surface area (Å²) in [5.41, 5.74) is 0.138. The van der Waals surface area contributed by atoms with Gasteiger partial charge in [-0.05, 0) is 13.3 Å². The van der Waals surface area contributed by atoms with E-state index in [1.54, 1.807) is 11.9 Å². The van der Waals surface area contributed by atoms with Gasteiger partial charge in [-0.1, -0.05) is 6.92 Å². The van der Waals surface area contributed by atoms with Crippen LogP contribution in [-0.2, 0) is 9.22 Å². The molecule has 0 aliphatic carbocycles. The lowest BCUT2D eigenvalue weighted by molar-refractivity contribution is -0.128. The molecule has 0 saturated heterocycles. The van der Waals surface area contributed by atoms with Crippen molar-refractivity contribution in [3.8, 4) is 0 Å². The summed E-state index contributed by atoms with van der Waals surface area (Å²) in [6, 6.07) is 0. The molecule has 13 heavy (non-hydrogen) atoms. The molecule has 0 heterocycles. The van der Waals surface area contributed by atoms with Crippen LogP contribution in [-0.4, -0.2) is 44.7 Å². The van der Waals surface area contributed by atoms with Crippen LogP contribution < -0.4 is 0 Å². The van der Waals surface area contributed by atoms with Crippen LogP contribution in [0.2, 0.25) is 0 Å². The van der Waals surface area contributed by atoms with Crippen LogP contribution in [0.5, 0.6) is 0 Å². The van der Waals surface area contributed by atoms with Gasteiger partial charge in [0.25, 0.3) is 0 Å². The lowest BCUT2D eigenvalue weighted by Gasteiger charge is -2.23. The highest BCUT2D eigenvalue weighted by Crippen LogP contribution is 1.98. The third-order valence-corrected chi connectivity index (χ3v) is 3.64. The van der Waals surface area contributed by atoms with Crippen molar-refractivity contribution in [3.05, 3.63) is 0 Å². The van der Waals surface area contributed by atoms with E-state index in [2.05, 4.69) is 0 Å². The fourth-order valence-electron chi connectivity index (χ4n) is 0.790. The van der Waals surface area contributed by atoms with E-state index in [-0.39, 0.29) is 11.6 Å². The van der Waals surface area contributed by atoms with Crippen LogP contribution in [0.3, 0.4) is 0 Å². The Balaban J connectivity index is 3.73. The second-order valence-corrected chi connectivity index (χ2v) is 5.02. The van der Waals surface area contributed by atoms with Gasteiger partial charge in [-0.2, -0.15) is 0 Å². The van der Waals surface area contributed by atoms with E-state index in [9.17, 15) is 4.79 Å². The molecule has 4 nitrogen and oxygen atoms in total. The van der Waals surface area contributed by atoms with Crippen molar-refractivity contribution in [2.24, 2.45) is 0 Å². The minimum absolute atomic E-state index is 0.0367. The lowest BCUT2D eigenvalue weighted by Crippen LogP contribution is -2.39. The third-order valence-electron chi connectivity index (χ3n) is 2.04. The maximum atomic E-state index is 10.9. The Bertz CT molecular complexity index is 165. The van der Waals surface area contributed by atoms with Crippen molar-refractivity contribution in [3.63, 3.8) is 0 Å². The first kappa shape index (κ1) is 12.6. The minimum Gasteiger partial charge on any atom is -0.398 e. The second kappa shape index (κ2) is 6.12. The van der Waals surface area contributed by atoms with Crippen molar-refractivity contribution in [2.45, 2.75) is 39.1 Å². The van der Waals surface area contributed by atoms with Crippen LogP contribution in [0.15, 0.2) is 0 Å². The zero-order chi connectivity index (χ0) is 10.4. The molecule has 5 heteroatoms. The predicted molar refractivity (Wildman–Crippen MR) is 53.8 cm³/mol. The topological polar surface area (TPSA) is 49.8 Å². The van der Waals surface area contributed by atoms with Crippen LogP contribution in [0.25, 0.3) is 0 Å². The number of carbonyl (C=O) groups is 1. The van der Waals surface area contributed by atoms with Gasteiger partial charge in [-0.15, -0.1) is 0 Å². The molecule has 0 saturated carbocycles. The molecule has 0 spiro atoms. The van der Waals surface area contributed by atoms with E-state index in [4.69, 9.17) is 9.53 Å². The predicted octanol–water partition coefficient (Wildman–Crippen LogP) is -0.361. The van der Waals surface area contributed by atoms with Gasteiger partial charge in [0.05, 0.1) is 0 Å². The first-order valence-electron chi connectivity index (χ1n) is 4.52. The SMILES string of the molecule is CCC(O)O[SiH2]C(C)N(C)C(C)=O. The molecule has 0 aliphatic heterocycles. The van der Waals surface area contributed by atoms with E-state index in [0.717, 1.165) is 0 Å². The number of hydrogen-bond acceptors (Lipinski definition) is 3. The molecule has 2 atom stereocenters. The Morgan fingerprint density at radius 2 is 2.23 bits per heavy atom. The first-order valence-corrected chi connectivity index (χ1v) is 5.91. The fourth-order valence-corrected chi connectivity index (χ4v) is 2.01. The molecule has 0 aromatic heterocycles. The Hall–Kier alpha value is -0.393. The highest BCUT2D eigenvalue weighted by molar-refractivity contribution is 6.30. The zero-order valence-electron chi connectivity index (χ0n) is 8.78. The molecule has 78 valence electrons. The summed E-state index contributed by atoms with van der Waals surface area (Å²) in [7, 11) is 0.894. The average molecular weight is 205 g/mol. The van der Waals surface area contributed by atoms with E-state index in [1.807, 2.05) is 13.8 Å². The standard InChI is InChI=1S/C8H19NO3Si/c1-5-8(11)12-13-7(3)9(4)6(2)10/h7-8,11H,5,13H2,1-4H3. The Morgan fingerprint density at radius 1 is 1.69 bits per heavy atom. The average Bonchev–Trinajstić information content (AvgIpc) is 2.11. The largest absolute Gasteiger partial charge is 0.398 e. The van der Waals surface area contributed by atoms with Gasteiger partial charge in [0, 0.05) is 19.6 Å². The summed E-state index contributed by atoms with van der Waals surface area (Å²) in [5.74, 6) is 0.0367. The maximum absolute atomic E-state index is 10.9. The van der Waals surface area contributed by atoms with Crippen molar-refractivity contribution >= 4 is 15.7 Å². The molecule has 0 radical (unpaired) electrons. The number of amides is 1. The summed E-state index contributed by atoms with van der Waals surface area (Å²) in [5, 5.41) is 9.14. The van der Waals surface area contributed by atoms with Crippen molar-refractivity contribution in [1.82, 2.24) is 4.90 Å². The van der Waals surface area contributed by atoms with Crippen molar-refractivity contribution in [2.75, 3.05) is 7.05 Å². The number of aliphatic hydroxyl groups is 1. The van der Waals surface area contributed by atoms with Gasteiger partial charge in [0.15, 0.2) is 9.76 Å². The molecule has 2 unspecified atom stereocenters. The Kier molecular flexibility index (Phi) is 5.94. The lowest BCUT2D eigenvalue weighted by atomic mass is 10.5. The molecular weight excluding hydrogens is 186 g/mol. The molecule has 0 aromatic rings. The van der Waals surface area contributed by atoms with Crippen LogP contribution >= 0.6 is 0 Å².